The van der Waals surface area contributed by atoms with Crippen LogP contribution in [0.4, 0.5) is 0 Å². The van der Waals surface area contributed by atoms with Gasteiger partial charge in [0.2, 0.25) is 0 Å². The van der Waals surface area contributed by atoms with Crippen molar-refractivity contribution in [1.82, 2.24) is 0 Å². The molecule has 0 atom stereocenters. The number of rotatable bonds is 13. The zero-order valence-electron chi connectivity index (χ0n) is 14.0. The standard InChI is InChI=1S/C18H34O2/c1-7-13-17(9-3,10-4)20-16-14-18(11-5,12-6)19-15-8-2/h7-8H,1-2,9-16H2,3-6H3. The van der Waals surface area contributed by atoms with E-state index in [-0.39, 0.29) is 11.2 Å². The molecule has 0 aliphatic carbocycles. The molecule has 20 heavy (non-hydrogen) atoms. The van der Waals surface area contributed by atoms with Gasteiger partial charge in [-0.1, -0.05) is 39.8 Å². The van der Waals surface area contributed by atoms with E-state index in [1.54, 1.807) is 0 Å². The Kier molecular flexibility index (Phi) is 9.87. The topological polar surface area (TPSA) is 18.5 Å². The highest BCUT2D eigenvalue weighted by atomic mass is 16.5. The predicted molar refractivity (Wildman–Crippen MR) is 88.2 cm³/mol. The molecule has 0 aliphatic heterocycles. The summed E-state index contributed by atoms with van der Waals surface area (Å²) in [6.07, 6.45) is 9.70. The van der Waals surface area contributed by atoms with E-state index in [0.29, 0.717) is 6.61 Å². The van der Waals surface area contributed by atoms with Crippen LogP contribution in [0.1, 0.15) is 66.2 Å². The molecule has 0 amide bonds. The van der Waals surface area contributed by atoms with Crippen molar-refractivity contribution in [2.24, 2.45) is 0 Å². The van der Waals surface area contributed by atoms with Gasteiger partial charge in [0.15, 0.2) is 0 Å². The SMILES string of the molecule is C=CCOC(CC)(CC)CCOC(CC)(CC)CC=C. The summed E-state index contributed by atoms with van der Waals surface area (Å²) in [5.74, 6) is 0. The van der Waals surface area contributed by atoms with Crippen molar-refractivity contribution < 1.29 is 9.47 Å². The first-order valence-electron chi connectivity index (χ1n) is 8.07. The van der Waals surface area contributed by atoms with Crippen LogP contribution in [0, 0.1) is 0 Å². The van der Waals surface area contributed by atoms with Crippen molar-refractivity contribution >= 4 is 0 Å². The lowest BCUT2D eigenvalue weighted by Gasteiger charge is -2.35. The molecule has 0 rings (SSSR count). The minimum absolute atomic E-state index is 0.0482. The molecule has 0 bridgehead atoms. The predicted octanol–water partition coefficient (Wildman–Crippen LogP) is 5.29. The molecular weight excluding hydrogens is 248 g/mol. The van der Waals surface area contributed by atoms with Gasteiger partial charge in [0.25, 0.3) is 0 Å². The monoisotopic (exact) mass is 282 g/mol. The highest BCUT2D eigenvalue weighted by Crippen LogP contribution is 2.29. The third-order valence-electron chi connectivity index (χ3n) is 4.57. The Morgan fingerprint density at radius 2 is 1.35 bits per heavy atom. The fraction of sp³-hybridized carbons (Fsp3) is 0.778. The van der Waals surface area contributed by atoms with Crippen molar-refractivity contribution in [3.63, 3.8) is 0 Å². The quantitative estimate of drug-likeness (QED) is 0.427. The van der Waals surface area contributed by atoms with Gasteiger partial charge in [0, 0.05) is 0 Å². The van der Waals surface area contributed by atoms with Crippen molar-refractivity contribution in [3.8, 4) is 0 Å². The normalized spacial score (nSPS) is 12.4. The van der Waals surface area contributed by atoms with Gasteiger partial charge in [0.1, 0.15) is 0 Å². The van der Waals surface area contributed by atoms with Crippen LogP contribution in [-0.4, -0.2) is 24.4 Å². The summed E-state index contributed by atoms with van der Waals surface area (Å²) in [5.41, 5.74) is -0.122. The van der Waals surface area contributed by atoms with E-state index >= 15 is 0 Å². The molecule has 118 valence electrons. The van der Waals surface area contributed by atoms with Crippen LogP contribution in [0.5, 0.6) is 0 Å². The molecule has 0 aliphatic rings. The maximum absolute atomic E-state index is 6.23. The van der Waals surface area contributed by atoms with E-state index in [4.69, 9.17) is 9.47 Å². The van der Waals surface area contributed by atoms with Gasteiger partial charge in [-0.3, -0.25) is 0 Å². The van der Waals surface area contributed by atoms with Gasteiger partial charge in [0.05, 0.1) is 24.4 Å². The maximum atomic E-state index is 6.23. The largest absolute Gasteiger partial charge is 0.375 e. The minimum Gasteiger partial charge on any atom is -0.375 e. The lowest BCUT2D eigenvalue weighted by molar-refractivity contribution is -0.0970. The van der Waals surface area contributed by atoms with Gasteiger partial charge < -0.3 is 9.47 Å². The average Bonchev–Trinajstić information content (AvgIpc) is 2.50. The van der Waals surface area contributed by atoms with E-state index in [2.05, 4.69) is 40.9 Å². The Morgan fingerprint density at radius 1 is 0.800 bits per heavy atom. The van der Waals surface area contributed by atoms with Gasteiger partial charge in [-0.05, 0) is 38.5 Å². The fourth-order valence-electron chi connectivity index (χ4n) is 2.63. The summed E-state index contributed by atoms with van der Waals surface area (Å²) in [5, 5.41) is 0. The second-order valence-electron chi connectivity index (χ2n) is 5.47. The first-order valence-corrected chi connectivity index (χ1v) is 8.07. The van der Waals surface area contributed by atoms with Crippen molar-refractivity contribution in [2.75, 3.05) is 13.2 Å². The Labute approximate surface area is 126 Å². The summed E-state index contributed by atoms with van der Waals surface area (Å²) < 4.78 is 12.2. The van der Waals surface area contributed by atoms with E-state index in [1.807, 2.05) is 12.2 Å². The van der Waals surface area contributed by atoms with Crippen molar-refractivity contribution in [2.45, 2.75) is 77.4 Å². The molecule has 0 saturated heterocycles. The van der Waals surface area contributed by atoms with E-state index in [1.165, 1.54) is 0 Å². The molecule has 0 saturated carbocycles. The average molecular weight is 282 g/mol. The second kappa shape index (κ2) is 10.2. The third kappa shape index (κ3) is 5.80. The number of hydrogen-bond acceptors (Lipinski definition) is 2. The van der Waals surface area contributed by atoms with Gasteiger partial charge in [-0.2, -0.15) is 0 Å². The second-order valence-corrected chi connectivity index (χ2v) is 5.47. The summed E-state index contributed by atoms with van der Waals surface area (Å²) in [6, 6.07) is 0. The Morgan fingerprint density at radius 3 is 1.75 bits per heavy atom. The summed E-state index contributed by atoms with van der Waals surface area (Å²) in [6.45, 7) is 17.7. The zero-order chi connectivity index (χ0) is 15.5. The molecule has 0 spiro atoms. The lowest BCUT2D eigenvalue weighted by Crippen LogP contribution is -2.36. The number of ether oxygens (including phenoxy) is 2. The summed E-state index contributed by atoms with van der Waals surface area (Å²) in [4.78, 5) is 0. The molecule has 0 fully saturated rings. The highest BCUT2D eigenvalue weighted by molar-refractivity contribution is 4.87. The third-order valence-corrected chi connectivity index (χ3v) is 4.57. The molecular formula is C18H34O2. The zero-order valence-corrected chi connectivity index (χ0v) is 14.0. The van der Waals surface area contributed by atoms with Crippen molar-refractivity contribution in [3.05, 3.63) is 25.3 Å². The Hall–Kier alpha value is -0.600. The first-order chi connectivity index (χ1) is 9.57. The number of hydrogen-bond donors (Lipinski definition) is 0. The van der Waals surface area contributed by atoms with Gasteiger partial charge in [-0.25, -0.2) is 0 Å². The lowest BCUT2D eigenvalue weighted by atomic mass is 9.91. The molecule has 0 aromatic carbocycles. The highest BCUT2D eigenvalue weighted by Gasteiger charge is 2.30. The van der Waals surface area contributed by atoms with Crippen molar-refractivity contribution in [1.29, 1.82) is 0 Å². The molecule has 0 aromatic heterocycles. The van der Waals surface area contributed by atoms with Crippen LogP contribution in [0.3, 0.4) is 0 Å². The fourth-order valence-corrected chi connectivity index (χ4v) is 2.63. The molecule has 0 aromatic rings. The van der Waals surface area contributed by atoms with E-state index in [9.17, 15) is 0 Å². The van der Waals surface area contributed by atoms with Gasteiger partial charge in [-0.15, -0.1) is 13.2 Å². The first kappa shape index (κ1) is 19.4. The van der Waals surface area contributed by atoms with Crippen LogP contribution in [0.2, 0.25) is 0 Å². The van der Waals surface area contributed by atoms with Crippen LogP contribution in [0.25, 0.3) is 0 Å². The molecule has 0 unspecified atom stereocenters. The van der Waals surface area contributed by atoms with Crippen LogP contribution >= 0.6 is 0 Å². The molecule has 0 heterocycles. The van der Waals surface area contributed by atoms with Crippen LogP contribution in [0.15, 0.2) is 25.3 Å². The maximum Gasteiger partial charge on any atom is 0.0711 e. The summed E-state index contributed by atoms with van der Waals surface area (Å²) >= 11 is 0. The van der Waals surface area contributed by atoms with Crippen LogP contribution < -0.4 is 0 Å². The smallest absolute Gasteiger partial charge is 0.0711 e. The van der Waals surface area contributed by atoms with Crippen LogP contribution in [-0.2, 0) is 9.47 Å². The van der Waals surface area contributed by atoms with E-state index < -0.39 is 0 Å². The molecule has 2 nitrogen and oxygen atoms in total. The van der Waals surface area contributed by atoms with Gasteiger partial charge >= 0.3 is 0 Å². The molecule has 2 heteroatoms. The molecule has 0 N–H and O–H groups in total. The molecule has 0 radical (unpaired) electrons. The summed E-state index contributed by atoms with van der Waals surface area (Å²) in [7, 11) is 0. The Bertz CT molecular complexity index is 263. The Balaban J connectivity index is 4.53. The minimum atomic E-state index is -0.0738. The van der Waals surface area contributed by atoms with E-state index in [0.717, 1.165) is 45.1 Å².